The summed E-state index contributed by atoms with van der Waals surface area (Å²) >= 11 is 0. The second kappa shape index (κ2) is 4.74. The third kappa shape index (κ3) is 2.76. The summed E-state index contributed by atoms with van der Waals surface area (Å²) in [6, 6.07) is 0.332. The van der Waals surface area contributed by atoms with Gasteiger partial charge in [-0.1, -0.05) is 12.8 Å². The lowest BCUT2D eigenvalue weighted by Crippen LogP contribution is -2.51. The van der Waals surface area contributed by atoms with E-state index >= 15 is 0 Å². The van der Waals surface area contributed by atoms with E-state index in [0.29, 0.717) is 18.4 Å². The minimum absolute atomic E-state index is 0.154. The van der Waals surface area contributed by atoms with Crippen LogP contribution in [-0.2, 0) is 4.79 Å². The molecule has 0 aliphatic heterocycles. The molecule has 3 heteroatoms. The number of nitrogens with one attached hydrogen (secondary N) is 1. The first-order chi connectivity index (χ1) is 7.59. The highest BCUT2D eigenvalue weighted by molar-refractivity contribution is 5.77. The normalized spacial score (nSPS) is 26.1. The second-order valence-corrected chi connectivity index (χ2v) is 5.79. The van der Waals surface area contributed by atoms with Crippen LogP contribution in [0.3, 0.4) is 0 Å². The van der Waals surface area contributed by atoms with Crippen molar-refractivity contribution in [2.75, 3.05) is 0 Å². The van der Waals surface area contributed by atoms with Gasteiger partial charge in [-0.3, -0.25) is 4.79 Å². The van der Waals surface area contributed by atoms with Gasteiger partial charge in [-0.2, -0.15) is 0 Å². The molecule has 2 fully saturated rings. The SMILES string of the molecule is C[C@H](NC(=O)CC1(N)CCC1)C1CCCC1. The van der Waals surface area contributed by atoms with Crippen LogP contribution in [-0.4, -0.2) is 17.5 Å². The molecule has 2 rings (SSSR count). The van der Waals surface area contributed by atoms with Crippen molar-refractivity contribution in [3.63, 3.8) is 0 Å². The summed E-state index contributed by atoms with van der Waals surface area (Å²) < 4.78 is 0. The lowest BCUT2D eigenvalue weighted by molar-refractivity contribution is -0.123. The van der Waals surface area contributed by atoms with Crippen LogP contribution < -0.4 is 11.1 Å². The Kier molecular flexibility index (Phi) is 3.53. The van der Waals surface area contributed by atoms with Gasteiger partial charge in [0.2, 0.25) is 5.91 Å². The Labute approximate surface area is 98.2 Å². The Morgan fingerprint density at radius 2 is 2.00 bits per heavy atom. The minimum atomic E-state index is -0.181. The average molecular weight is 224 g/mol. The molecule has 16 heavy (non-hydrogen) atoms. The lowest BCUT2D eigenvalue weighted by atomic mass is 9.75. The molecule has 0 spiro atoms. The zero-order chi connectivity index (χ0) is 11.6. The summed E-state index contributed by atoms with van der Waals surface area (Å²) in [7, 11) is 0. The summed E-state index contributed by atoms with van der Waals surface area (Å²) in [4.78, 5) is 11.8. The minimum Gasteiger partial charge on any atom is -0.353 e. The van der Waals surface area contributed by atoms with Crippen LogP contribution in [0, 0.1) is 5.92 Å². The summed E-state index contributed by atoms with van der Waals surface area (Å²) in [5.74, 6) is 0.848. The van der Waals surface area contributed by atoms with Gasteiger partial charge in [0.25, 0.3) is 0 Å². The molecule has 92 valence electrons. The number of hydrogen-bond donors (Lipinski definition) is 2. The summed E-state index contributed by atoms with van der Waals surface area (Å²) in [6.45, 7) is 2.14. The average Bonchev–Trinajstić information content (AvgIpc) is 2.67. The van der Waals surface area contributed by atoms with Gasteiger partial charge in [-0.15, -0.1) is 0 Å². The summed E-state index contributed by atoms with van der Waals surface area (Å²) in [6.07, 6.45) is 8.92. The third-order valence-electron chi connectivity index (χ3n) is 4.36. The molecule has 0 radical (unpaired) electrons. The largest absolute Gasteiger partial charge is 0.353 e. The zero-order valence-corrected chi connectivity index (χ0v) is 10.3. The zero-order valence-electron chi connectivity index (χ0n) is 10.3. The van der Waals surface area contributed by atoms with Crippen LogP contribution in [0.25, 0.3) is 0 Å². The topological polar surface area (TPSA) is 55.1 Å². The fourth-order valence-electron chi connectivity index (χ4n) is 3.01. The molecule has 1 atom stereocenters. The van der Waals surface area contributed by atoms with Gasteiger partial charge in [0.15, 0.2) is 0 Å². The Bertz CT molecular complexity index is 255. The second-order valence-electron chi connectivity index (χ2n) is 5.79. The van der Waals surface area contributed by atoms with Crippen molar-refractivity contribution in [1.82, 2.24) is 5.32 Å². The van der Waals surface area contributed by atoms with Crippen molar-refractivity contribution in [2.24, 2.45) is 11.7 Å². The van der Waals surface area contributed by atoms with Crippen LogP contribution in [0.2, 0.25) is 0 Å². The molecule has 0 saturated heterocycles. The molecule has 2 aliphatic carbocycles. The molecule has 0 heterocycles. The fourth-order valence-corrected chi connectivity index (χ4v) is 3.01. The Morgan fingerprint density at radius 3 is 2.50 bits per heavy atom. The number of nitrogens with two attached hydrogens (primary N) is 1. The lowest BCUT2D eigenvalue weighted by Gasteiger charge is -2.37. The molecule has 0 aromatic heterocycles. The first-order valence-electron chi connectivity index (χ1n) is 6.67. The molecule has 0 unspecified atom stereocenters. The van der Waals surface area contributed by atoms with E-state index in [2.05, 4.69) is 12.2 Å². The molecular weight excluding hydrogens is 200 g/mol. The standard InChI is InChI=1S/C13H24N2O/c1-10(11-5-2-3-6-11)15-12(16)9-13(14)7-4-8-13/h10-11H,2-9,14H2,1H3,(H,15,16)/t10-/m0/s1. The number of amides is 1. The molecule has 3 N–H and O–H groups in total. The highest BCUT2D eigenvalue weighted by Gasteiger charge is 2.35. The molecule has 3 nitrogen and oxygen atoms in total. The molecule has 0 aromatic rings. The van der Waals surface area contributed by atoms with Gasteiger partial charge in [0.05, 0.1) is 0 Å². The maximum Gasteiger partial charge on any atom is 0.222 e. The van der Waals surface area contributed by atoms with Gasteiger partial charge in [0, 0.05) is 18.0 Å². The first kappa shape index (κ1) is 11.9. The molecular formula is C13H24N2O. The molecule has 2 aliphatic rings. The molecule has 2 saturated carbocycles. The smallest absolute Gasteiger partial charge is 0.222 e. The fraction of sp³-hybridized carbons (Fsp3) is 0.923. The Morgan fingerprint density at radius 1 is 1.38 bits per heavy atom. The van der Waals surface area contributed by atoms with Gasteiger partial charge in [0.1, 0.15) is 0 Å². The van der Waals surface area contributed by atoms with Crippen molar-refractivity contribution in [3.05, 3.63) is 0 Å². The van der Waals surface area contributed by atoms with E-state index in [1.807, 2.05) is 0 Å². The third-order valence-corrected chi connectivity index (χ3v) is 4.36. The first-order valence-corrected chi connectivity index (χ1v) is 6.67. The maximum absolute atomic E-state index is 11.8. The van der Waals surface area contributed by atoms with Crippen LogP contribution in [0.5, 0.6) is 0 Å². The number of rotatable bonds is 4. The highest BCUT2D eigenvalue weighted by atomic mass is 16.1. The molecule has 0 bridgehead atoms. The predicted molar refractivity (Wildman–Crippen MR) is 64.9 cm³/mol. The van der Waals surface area contributed by atoms with Gasteiger partial charge < -0.3 is 11.1 Å². The van der Waals surface area contributed by atoms with Crippen molar-refractivity contribution >= 4 is 5.91 Å². The van der Waals surface area contributed by atoms with Gasteiger partial charge >= 0.3 is 0 Å². The van der Waals surface area contributed by atoms with Crippen molar-refractivity contribution < 1.29 is 4.79 Å². The van der Waals surface area contributed by atoms with Crippen molar-refractivity contribution in [2.45, 2.75) is 69.9 Å². The Balaban J connectivity index is 1.73. The maximum atomic E-state index is 11.8. The van der Waals surface area contributed by atoms with E-state index in [0.717, 1.165) is 12.8 Å². The van der Waals surface area contributed by atoms with E-state index in [9.17, 15) is 4.79 Å². The van der Waals surface area contributed by atoms with E-state index in [4.69, 9.17) is 5.73 Å². The van der Waals surface area contributed by atoms with Crippen LogP contribution in [0.1, 0.15) is 58.3 Å². The van der Waals surface area contributed by atoms with Crippen LogP contribution in [0.4, 0.5) is 0 Å². The van der Waals surface area contributed by atoms with Crippen LogP contribution in [0.15, 0.2) is 0 Å². The van der Waals surface area contributed by atoms with Crippen LogP contribution >= 0.6 is 0 Å². The summed E-state index contributed by atoms with van der Waals surface area (Å²) in [5, 5.41) is 3.13. The number of carbonyl (C=O) groups excluding carboxylic acids is 1. The van der Waals surface area contributed by atoms with E-state index in [1.165, 1.54) is 32.1 Å². The van der Waals surface area contributed by atoms with Gasteiger partial charge in [-0.25, -0.2) is 0 Å². The van der Waals surface area contributed by atoms with E-state index in [-0.39, 0.29) is 11.4 Å². The Hall–Kier alpha value is -0.570. The summed E-state index contributed by atoms with van der Waals surface area (Å²) in [5.41, 5.74) is 5.89. The van der Waals surface area contributed by atoms with Gasteiger partial charge in [-0.05, 0) is 44.9 Å². The van der Waals surface area contributed by atoms with E-state index < -0.39 is 0 Å². The van der Waals surface area contributed by atoms with E-state index in [1.54, 1.807) is 0 Å². The quantitative estimate of drug-likeness (QED) is 0.767. The van der Waals surface area contributed by atoms with Crippen molar-refractivity contribution in [1.29, 1.82) is 0 Å². The monoisotopic (exact) mass is 224 g/mol. The molecule has 0 aromatic carbocycles. The predicted octanol–water partition coefficient (Wildman–Crippen LogP) is 1.95. The number of carbonyl (C=O) groups is 1. The highest BCUT2D eigenvalue weighted by Crippen LogP contribution is 2.32. The molecule has 1 amide bonds. The van der Waals surface area contributed by atoms with Crippen molar-refractivity contribution in [3.8, 4) is 0 Å². The number of hydrogen-bond acceptors (Lipinski definition) is 2.